The van der Waals surface area contributed by atoms with E-state index in [2.05, 4.69) is 9.97 Å². The van der Waals surface area contributed by atoms with Crippen LogP contribution in [0.15, 0.2) is 29.1 Å². The summed E-state index contributed by atoms with van der Waals surface area (Å²) in [5.41, 5.74) is 1.81. The van der Waals surface area contributed by atoms with Crippen LogP contribution in [0.25, 0.3) is 11.5 Å². The molecule has 2 aromatic heterocycles. The van der Waals surface area contributed by atoms with Gasteiger partial charge < -0.3 is 4.42 Å². The number of nitrogens with zero attached hydrogens (tertiary/aromatic N) is 2. The van der Waals surface area contributed by atoms with Crippen molar-refractivity contribution in [2.45, 2.75) is 19.3 Å². The topological polar surface area (TPSA) is 38.9 Å². The molecule has 1 aliphatic carbocycles. The molecule has 2 aromatic rings. The second-order valence-corrected chi connectivity index (χ2v) is 4.57. The van der Waals surface area contributed by atoms with Gasteiger partial charge in [-0.25, -0.2) is 4.98 Å². The first-order chi connectivity index (χ1) is 7.83. The maximum Gasteiger partial charge on any atom is 0.181 e. The Kier molecular flexibility index (Phi) is 2.40. The zero-order valence-electron chi connectivity index (χ0n) is 8.69. The molecule has 0 spiro atoms. The first-order valence-electron chi connectivity index (χ1n) is 5.37. The molecule has 3 nitrogen and oxygen atoms in total. The minimum absolute atomic E-state index is 0.631. The van der Waals surface area contributed by atoms with Crippen molar-refractivity contribution in [3.05, 3.63) is 35.4 Å². The molecule has 0 aliphatic heterocycles. The van der Waals surface area contributed by atoms with Gasteiger partial charge in [-0.1, -0.05) is 11.6 Å². The Bertz CT molecular complexity index is 488. The zero-order chi connectivity index (χ0) is 11.0. The third-order valence-corrected chi connectivity index (χ3v) is 3.00. The van der Waals surface area contributed by atoms with E-state index in [0.717, 1.165) is 29.5 Å². The van der Waals surface area contributed by atoms with E-state index < -0.39 is 0 Å². The van der Waals surface area contributed by atoms with E-state index >= 15 is 0 Å². The van der Waals surface area contributed by atoms with Crippen LogP contribution in [0.3, 0.4) is 0 Å². The first-order valence-corrected chi connectivity index (χ1v) is 5.75. The van der Waals surface area contributed by atoms with E-state index in [1.807, 2.05) is 12.1 Å². The van der Waals surface area contributed by atoms with Crippen LogP contribution in [-0.4, -0.2) is 9.97 Å². The van der Waals surface area contributed by atoms with Crippen molar-refractivity contribution in [3.63, 3.8) is 0 Å². The van der Waals surface area contributed by atoms with Crippen LogP contribution in [0.4, 0.5) is 0 Å². The van der Waals surface area contributed by atoms with E-state index in [0.29, 0.717) is 5.02 Å². The summed E-state index contributed by atoms with van der Waals surface area (Å²) < 4.78 is 5.40. The van der Waals surface area contributed by atoms with E-state index in [9.17, 15) is 0 Å². The summed E-state index contributed by atoms with van der Waals surface area (Å²) in [6.07, 6.45) is 6.72. The van der Waals surface area contributed by atoms with E-state index in [-0.39, 0.29) is 0 Å². The summed E-state index contributed by atoms with van der Waals surface area (Å²) >= 11 is 5.80. The lowest BCUT2D eigenvalue weighted by Crippen LogP contribution is -1.91. The van der Waals surface area contributed by atoms with Gasteiger partial charge in [0.1, 0.15) is 5.69 Å². The number of hydrogen-bond acceptors (Lipinski definition) is 3. The molecule has 0 N–H and O–H groups in total. The highest BCUT2D eigenvalue weighted by Gasteiger charge is 2.25. The molecule has 1 fully saturated rings. The van der Waals surface area contributed by atoms with Crippen molar-refractivity contribution < 1.29 is 4.42 Å². The van der Waals surface area contributed by atoms with Gasteiger partial charge in [-0.2, -0.15) is 0 Å². The van der Waals surface area contributed by atoms with Crippen LogP contribution in [0, 0.1) is 5.92 Å². The van der Waals surface area contributed by atoms with Gasteiger partial charge in [0.15, 0.2) is 12.2 Å². The van der Waals surface area contributed by atoms with Crippen LogP contribution in [0.1, 0.15) is 18.5 Å². The van der Waals surface area contributed by atoms with Crippen LogP contribution in [0.2, 0.25) is 5.02 Å². The summed E-state index contributed by atoms with van der Waals surface area (Å²) in [6, 6.07) is 3.67. The highest BCUT2D eigenvalue weighted by atomic mass is 35.5. The second-order valence-electron chi connectivity index (χ2n) is 4.14. The maximum atomic E-state index is 5.80. The fourth-order valence-electron chi connectivity index (χ4n) is 1.73. The summed E-state index contributed by atoms with van der Waals surface area (Å²) in [4.78, 5) is 8.50. The van der Waals surface area contributed by atoms with Crippen LogP contribution in [0.5, 0.6) is 0 Å². The Morgan fingerprint density at radius 3 is 2.88 bits per heavy atom. The molecule has 1 saturated carbocycles. The maximum absolute atomic E-state index is 5.80. The molecular weight excluding hydrogens is 224 g/mol. The quantitative estimate of drug-likeness (QED) is 0.818. The van der Waals surface area contributed by atoms with Gasteiger partial charge in [-0.05, 0) is 37.3 Å². The Balaban J connectivity index is 1.92. The molecule has 0 amide bonds. The SMILES string of the molecule is Clc1ccc(-c2ocnc2CC2CC2)nc1. The Morgan fingerprint density at radius 2 is 2.19 bits per heavy atom. The predicted octanol–water partition coefficient (Wildman–Crippen LogP) is 3.34. The predicted molar refractivity (Wildman–Crippen MR) is 61.2 cm³/mol. The van der Waals surface area contributed by atoms with Gasteiger partial charge in [-0.15, -0.1) is 0 Å². The van der Waals surface area contributed by atoms with Crippen molar-refractivity contribution in [3.8, 4) is 11.5 Å². The average molecular weight is 235 g/mol. The van der Waals surface area contributed by atoms with Crippen LogP contribution >= 0.6 is 11.6 Å². The largest absolute Gasteiger partial charge is 0.442 e. The Morgan fingerprint density at radius 1 is 1.31 bits per heavy atom. The number of oxazole rings is 1. The molecule has 0 saturated heterocycles. The summed E-state index contributed by atoms with van der Waals surface area (Å²) in [5, 5.41) is 0.631. The third kappa shape index (κ3) is 1.95. The lowest BCUT2D eigenvalue weighted by atomic mass is 10.1. The normalized spacial score (nSPS) is 15.3. The summed E-state index contributed by atoms with van der Waals surface area (Å²) in [5.74, 6) is 1.57. The fourth-order valence-corrected chi connectivity index (χ4v) is 1.84. The molecule has 0 unspecified atom stereocenters. The molecule has 2 heterocycles. The Labute approximate surface area is 98.5 Å². The second kappa shape index (κ2) is 3.91. The number of aromatic nitrogens is 2. The number of rotatable bonds is 3. The molecule has 0 radical (unpaired) electrons. The van der Waals surface area contributed by atoms with Gasteiger partial charge in [0.05, 0.1) is 10.7 Å². The molecule has 0 atom stereocenters. The van der Waals surface area contributed by atoms with Crippen molar-refractivity contribution >= 4 is 11.6 Å². The molecule has 1 aliphatic rings. The smallest absolute Gasteiger partial charge is 0.181 e. The van der Waals surface area contributed by atoms with Crippen LogP contribution in [-0.2, 0) is 6.42 Å². The van der Waals surface area contributed by atoms with E-state index in [1.165, 1.54) is 19.2 Å². The van der Waals surface area contributed by atoms with Crippen molar-refractivity contribution in [1.29, 1.82) is 0 Å². The average Bonchev–Trinajstić information content (AvgIpc) is 2.97. The third-order valence-electron chi connectivity index (χ3n) is 2.78. The molecule has 0 bridgehead atoms. The highest BCUT2D eigenvalue weighted by molar-refractivity contribution is 6.30. The standard InChI is InChI=1S/C12H11ClN2O/c13-9-3-4-10(14-6-9)12-11(15-7-16-12)5-8-1-2-8/h3-4,6-8H,1-2,5H2. The highest BCUT2D eigenvalue weighted by Crippen LogP contribution is 2.34. The van der Waals surface area contributed by atoms with Gasteiger partial charge in [0.25, 0.3) is 0 Å². The number of hydrogen-bond donors (Lipinski definition) is 0. The fraction of sp³-hybridized carbons (Fsp3) is 0.333. The Hall–Kier alpha value is -1.35. The first kappa shape index (κ1) is 9.85. The van der Waals surface area contributed by atoms with E-state index in [1.54, 1.807) is 6.20 Å². The van der Waals surface area contributed by atoms with Gasteiger partial charge >= 0.3 is 0 Å². The minimum atomic E-state index is 0.631. The lowest BCUT2D eigenvalue weighted by Gasteiger charge is -1.99. The molecule has 0 aromatic carbocycles. The monoisotopic (exact) mass is 234 g/mol. The minimum Gasteiger partial charge on any atom is -0.442 e. The summed E-state index contributed by atoms with van der Waals surface area (Å²) in [7, 11) is 0. The molecule has 4 heteroatoms. The lowest BCUT2D eigenvalue weighted by molar-refractivity contribution is 0.568. The van der Waals surface area contributed by atoms with Crippen LogP contribution < -0.4 is 0 Å². The van der Waals surface area contributed by atoms with Crippen molar-refractivity contribution in [1.82, 2.24) is 9.97 Å². The number of pyridine rings is 1. The molecule has 3 rings (SSSR count). The summed E-state index contributed by atoms with van der Waals surface area (Å²) in [6.45, 7) is 0. The molecule has 16 heavy (non-hydrogen) atoms. The van der Waals surface area contributed by atoms with Crippen molar-refractivity contribution in [2.24, 2.45) is 5.92 Å². The van der Waals surface area contributed by atoms with Crippen molar-refractivity contribution in [2.75, 3.05) is 0 Å². The number of halogens is 1. The van der Waals surface area contributed by atoms with Gasteiger partial charge in [0, 0.05) is 6.20 Å². The van der Waals surface area contributed by atoms with Gasteiger partial charge in [-0.3, -0.25) is 4.98 Å². The zero-order valence-corrected chi connectivity index (χ0v) is 9.44. The van der Waals surface area contributed by atoms with Gasteiger partial charge in [0.2, 0.25) is 0 Å². The van der Waals surface area contributed by atoms with E-state index in [4.69, 9.17) is 16.0 Å². The molecule has 82 valence electrons. The molecular formula is C12H11ClN2O.